The minimum Gasteiger partial charge on any atom is -0.390 e. The van der Waals surface area contributed by atoms with Crippen LogP contribution in [0.15, 0.2) is 59.5 Å². The van der Waals surface area contributed by atoms with E-state index < -0.39 is 6.10 Å². The number of fused-ring (bicyclic) bond motifs is 1. The van der Waals surface area contributed by atoms with Crippen molar-refractivity contribution in [3.63, 3.8) is 0 Å². The van der Waals surface area contributed by atoms with Gasteiger partial charge in [0.25, 0.3) is 0 Å². The standard InChI is InChI=1S/C17H17NO2S/c19-15-10-12-6-4-5-9-14(12)17(15)18-16(20)11-21-13-7-2-1-3-8-13/h1-9,15,17,19H,10-11H2,(H,18,20)/t15-,17+/m1/s1. The maximum Gasteiger partial charge on any atom is 0.230 e. The van der Waals surface area contributed by atoms with Crippen LogP contribution in [0.25, 0.3) is 0 Å². The summed E-state index contributed by atoms with van der Waals surface area (Å²) in [4.78, 5) is 13.2. The second-order valence-corrected chi connectivity index (χ2v) is 6.17. The Morgan fingerprint density at radius 1 is 1.14 bits per heavy atom. The Morgan fingerprint density at radius 3 is 2.67 bits per heavy atom. The Morgan fingerprint density at radius 2 is 1.86 bits per heavy atom. The van der Waals surface area contributed by atoms with Crippen molar-refractivity contribution < 1.29 is 9.90 Å². The predicted molar refractivity (Wildman–Crippen MR) is 84.2 cm³/mol. The lowest BCUT2D eigenvalue weighted by atomic mass is 10.1. The third kappa shape index (κ3) is 3.28. The monoisotopic (exact) mass is 299 g/mol. The molecule has 0 spiro atoms. The van der Waals surface area contributed by atoms with Crippen molar-refractivity contribution in [2.45, 2.75) is 23.5 Å². The molecule has 0 saturated heterocycles. The number of amides is 1. The summed E-state index contributed by atoms with van der Waals surface area (Å²) in [6, 6.07) is 17.4. The van der Waals surface area contributed by atoms with Gasteiger partial charge in [-0.3, -0.25) is 4.79 Å². The molecule has 0 aliphatic heterocycles. The van der Waals surface area contributed by atoms with Crippen molar-refractivity contribution >= 4 is 17.7 Å². The first-order chi connectivity index (χ1) is 10.2. The van der Waals surface area contributed by atoms with E-state index in [-0.39, 0.29) is 11.9 Å². The van der Waals surface area contributed by atoms with Gasteiger partial charge < -0.3 is 10.4 Å². The summed E-state index contributed by atoms with van der Waals surface area (Å²) in [7, 11) is 0. The van der Waals surface area contributed by atoms with E-state index in [1.54, 1.807) is 0 Å². The average Bonchev–Trinajstić information content (AvgIpc) is 2.82. The molecule has 4 heteroatoms. The lowest BCUT2D eigenvalue weighted by molar-refractivity contribution is -0.120. The number of benzene rings is 2. The minimum absolute atomic E-state index is 0.0513. The van der Waals surface area contributed by atoms with Gasteiger partial charge in [0.1, 0.15) is 0 Å². The zero-order valence-corrected chi connectivity index (χ0v) is 12.3. The van der Waals surface area contributed by atoms with Gasteiger partial charge in [0.2, 0.25) is 5.91 Å². The summed E-state index contributed by atoms with van der Waals surface area (Å²) in [5.41, 5.74) is 2.15. The van der Waals surface area contributed by atoms with Crippen LogP contribution in [-0.4, -0.2) is 22.9 Å². The third-order valence-corrected chi connectivity index (χ3v) is 4.65. The van der Waals surface area contributed by atoms with E-state index in [1.807, 2.05) is 54.6 Å². The van der Waals surface area contributed by atoms with Crippen molar-refractivity contribution in [1.29, 1.82) is 0 Å². The summed E-state index contributed by atoms with van der Waals surface area (Å²) in [5, 5.41) is 13.1. The van der Waals surface area contributed by atoms with Gasteiger partial charge in [-0.25, -0.2) is 0 Å². The van der Waals surface area contributed by atoms with Crippen molar-refractivity contribution in [2.75, 3.05) is 5.75 Å². The number of carbonyl (C=O) groups is 1. The van der Waals surface area contributed by atoms with Gasteiger partial charge in [-0.05, 0) is 23.3 Å². The second-order valence-electron chi connectivity index (χ2n) is 5.12. The fourth-order valence-electron chi connectivity index (χ4n) is 2.63. The zero-order valence-electron chi connectivity index (χ0n) is 11.5. The molecule has 2 atom stereocenters. The predicted octanol–water partition coefficient (Wildman–Crippen LogP) is 2.55. The molecule has 3 rings (SSSR count). The average molecular weight is 299 g/mol. The van der Waals surface area contributed by atoms with Gasteiger partial charge in [0, 0.05) is 11.3 Å². The molecule has 108 valence electrons. The van der Waals surface area contributed by atoms with Crippen LogP contribution in [0.4, 0.5) is 0 Å². The van der Waals surface area contributed by atoms with Gasteiger partial charge in [-0.1, -0.05) is 42.5 Å². The fraction of sp³-hybridized carbons (Fsp3) is 0.235. The number of aliphatic hydroxyl groups excluding tert-OH is 1. The maximum atomic E-state index is 12.1. The fourth-order valence-corrected chi connectivity index (χ4v) is 3.36. The Kier molecular flexibility index (Phi) is 4.27. The SMILES string of the molecule is O=C(CSc1ccccc1)N[C@H]1c2ccccc2C[C@H]1O. The van der Waals surface area contributed by atoms with Crippen LogP contribution in [-0.2, 0) is 11.2 Å². The van der Waals surface area contributed by atoms with E-state index in [1.165, 1.54) is 11.8 Å². The number of thioether (sulfide) groups is 1. The van der Waals surface area contributed by atoms with E-state index >= 15 is 0 Å². The normalized spacial score (nSPS) is 20.0. The van der Waals surface area contributed by atoms with Crippen molar-refractivity contribution in [3.05, 3.63) is 65.7 Å². The zero-order chi connectivity index (χ0) is 14.7. The van der Waals surface area contributed by atoms with Crippen LogP contribution >= 0.6 is 11.8 Å². The van der Waals surface area contributed by atoms with Gasteiger partial charge in [0.15, 0.2) is 0 Å². The first kappa shape index (κ1) is 14.2. The number of carbonyl (C=O) groups excluding carboxylic acids is 1. The number of hydrogen-bond acceptors (Lipinski definition) is 3. The molecular formula is C17H17NO2S. The number of nitrogens with one attached hydrogen (secondary N) is 1. The summed E-state index contributed by atoms with van der Waals surface area (Å²) < 4.78 is 0. The van der Waals surface area contributed by atoms with Crippen LogP contribution in [0.3, 0.4) is 0 Å². The molecule has 1 amide bonds. The highest BCUT2D eigenvalue weighted by atomic mass is 32.2. The first-order valence-electron chi connectivity index (χ1n) is 6.97. The molecular weight excluding hydrogens is 282 g/mol. The van der Waals surface area contributed by atoms with E-state index in [9.17, 15) is 9.90 Å². The van der Waals surface area contributed by atoms with E-state index in [4.69, 9.17) is 0 Å². The quantitative estimate of drug-likeness (QED) is 0.853. The lowest BCUT2D eigenvalue weighted by Crippen LogP contribution is -2.34. The molecule has 0 fully saturated rings. The van der Waals surface area contributed by atoms with Crippen LogP contribution in [0.2, 0.25) is 0 Å². The highest BCUT2D eigenvalue weighted by molar-refractivity contribution is 8.00. The topological polar surface area (TPSA) is 49.3 Å². The summed E-state index contributed by atoms with van der Waals surface area (Å²) in [6.45, 7) is 0. The Labute approximate surface area is 128 Å². The molecule has 0 bridgehead atoms. The van der Waals surface area contributed by atoms with Crippen LogP contribution in [0, 0.1) is 0 Å². The Balaban J connectivity index is 1.60. The number of hydrogen-bond donors (Lipinski definition) is 2. The molecule has 2 aromatic carbocycles. The Bertz CT molecular complexity index is 630. The molecule has 1 aliphatic carbocycles. The lowest BCUT2D eigenvalue weighted by Gasteiger charge is -2.17. The van der Waals surface area contributed by atoms with Gasteiger partial charge in [0.05, 0.1) is 17.9 Å². The molecule has 2 N–H and O–H groups in total. The minimum atomic E-state index is -0.534. The molecule has 1 aliphatic rings. The third-order valence-electron chi connectivity index (χ3n) is 3.63. The molecule has 0 heterocycles. The molecule has 0 unspecified atom stereocenters. The highest BCUT2D eigenvalue weighted by Gasteiger charge is 2.31. The molecule has 0 radical (unpaired) electrons. The second kappa shape index (κ2) is 6.33. The molecule has 0 saturated carbocycles. The van der Waals surface area contributed by atoms with Crippen molar-refractivity contribution in [2.24, 2.45) is 0 Å². The largest absolute Gasteiger partial charge is 0.390 e. The summed E-state index contributed by atoms with van der Waals surface area (Å²) >= 11 is 1.50. The first-order valence-corrected chi connectivity index (χ1v) is 7.95. The van der Waals surface area contributed by atoms with Crippen molar-refractivity contribution in [1.82, 2.24) is 5.32 Å². The van der Waals surface area contributed by atoms with E-state index in [2.05, 4.69) is 5.32 Å². The molecule has 2 aromatic rings. The van der Waals surface area contributed by atoms with Gasteiger partial charge in [-0.15, -0.1) is 11.8 Å². The highest BCUT2D eigenvalue weighted by Crippen LogP contribution is 2.31. The smallest absolute Gasteiger partial charge is 0.230 e. The molecule has 0 aromatic heterocycles. The van der Waals surface area contributed by atoms with Gasteiger partial charge >= 0.3 is 0 Å². The number of aliphatic hydroxyl groups is 1. The maximum absolute atomic E-state index is 12.1. The number of rotatable bonds is 4. The molecule has 3 nitrogen and oxygen atoms in total. The molecule has 21 heavy (non-hydrogen) atoms. The van der Waals surface area contributed by atoms with Crippen LogP contribution in [0.5, 0.6) is 0 Å². The van der Waals surface area contributed by atoms with E-state index in [0.717, 1.165) is 16.0 Å². The van der Waals surface area contributed by atoms with Crippen molar-refractivity contribution in [3.8, 4) is 0 Å². The van der Waals surface area contributed by atoms with Crippen LogP contribution in [0.1, 0.15) is 17.2 Å². The van der Waals surface area contributed by atoms with Gasteiger partial charge in [-0.2, -0.15) is 0 Å². The summed E-state index contributed by atoms with van der Waals surface area (Å²) in [5.74, 6) is 0.305. The van der Waals surface area contributed by atoms with Crippen LogP contribution < -0.4 is 5.32 Å². The van der Waals surface area contributed by atoms with E-state index in [0.29, 0.717) is 12.2 Å². The Hall–Kier alpha value is -1.78. The summed E-state index contributed by atoms with van der Waals surface area (Å²) in [6.07, 6.45) is 0.0699.